The van der Waals surface area contributed by atoms with Crippen molar-refractivity contribution in [3.8, 4) is 0 Å². The van der Waals surface area contributed by atoms with Crippen LogP contribution in [0.2, 0.25) is 0 Å². The Morgan fingerprint density at radius 3 is 2.54 bits per heavy atom. The van der Waals surface area contributed by atoms with E-state index in [0.717, 1.165) is 19.3 Å². The van der Waals surface area contributed by atoms with Crippen molar-refractivity contribution in [2.75, 3.05) is 13.2 Å². The number of esters is 1. The molecule has 0 heterocycles. The van der Waals surface area contributed by atoms with E-state index in [4.69, 9.17) is 4.74 Å². The highest BCUT2D eigenvalue weighted by Gasteiger charge is 2.15. The van der Waals surface area contributed by atoms with Gasteiger partial charge in [-0.25, -0.2) is 4.79 Å². The molecular formula is C22H25NO3. The summed E-state index contributed by atoms with van der Waals surface area (Å²) in [6.45, 7) is 2.31. The van der Waals surface area contributed by atoms with Gasteiger partial charge in [0.05, 0.1) is 5.56 Å². The summed E-state index contributed by atoms with van der Waals surface area (Å²) in [6, 6.07) is 15.7. The molecule has 1 atom stereocenters. The van der Waals surface area contributed by atoms with Crippen LogP contribution in [-0.4, -0.2) is 25.0 Å². The molecule has 0 aliphatic heterocycles. The van der Waals surface area contributed by atoms with Crippen LogP contribution in [0, 0.1) is 0 Å². The van der Waals surface area contributed by atoms with E-state index in [2.05, 4.69) is 12.2 Å². The van der Waals surface area contributed by atoms with Crippen LogP contribution in [0.3, 0.4) is 0 Å². The van der Waals surface area contributed by atoms with Crippen molar-refractivity contribution in [3.05, 3.63) is 70.8 Å². The van der Waals surface area contributed by atoms with Crippen molar-refractivity contribution in [2.24, 2.45) is 0 Å². The molecule has 1 N–H and O–H groups in total. The zero-order valence-electron chi connectivity index (χ0n) is 15.2. The normalized spacial score (nSPS) is 14.2. The summed E-state index contributed by atoms with van der Waals surface area (Å²) in [5, 5.41) is 2.82. The second-order valence-electron chi connectivity index (χ2n) is 6.88. The predicted octanol–water partition coefficient (Wildman–Crippen LogP) is 3.64. The Hall–Kier alpha value is -2.62. The van der Waals surface area contributed by atoms with Crippen molar-refractivity contribution in [1.29, 1.82) is 0 Å². The average molecular weight is 351 g/mol. The Morgan fingerprint density at radius 2 is 1.77 bits per heavy atom. The molecule has 0 saturated heterocycles. The van der Waals surface area contributed by atoms with Gasteiger partial charge in [0.1, 0.15) is 0 Å². The van der Waals surface area contributed by atoms with Gasteiger partial charge in [0.25, 0.3) is 5.91 Å². The molecule has 3 rings (SSSR count). The molecule has 0 radical (unpaired) electrons. The molecule has 0 saturated carbocycles. The lowest BCUT2D eigenvalue weighted by atomic mass is 9.90. The number of hydrogen-bond donors (Lipinski definition) is 1. The number of hydrogen-bond acceptors (Lipinski definition) is 3. The van der Waals surface area contributed by atoms with Crippen molar-refractivity contribution in [3.63, 3.8) is 0 Å². The molecule has 4 nitrogen and oxygen atoms in total. The maximum absolute atomic E-state index is 12.2. The fourth-order valence-electron chi connectivity index (χ4n) is 3.29. The Balaban J connectivity index is 1.46. The van der Waals surface area contributed by atoms with Gasteiger partial charge < -0.3 is 10.1 Å². The van der Waals surface area contributed by atoms with Gasteiger partial charge in [-0.05, 0) is 60.4 Å². The van der Waals surface area contributed by atoms with Crippen molar-refractivity contribution >= 4 is 11.9 Å². The Kier molecular flexibility index (Phi) is 6.05. The van der Waals surface area contributed by atoms with E-state index in [-0.39, 0.29) is 18.4 Å². The quantitative estimate of drug-likeness (QED) is 0.809. The molecule has 2 aromatic carbocycles. The lowest BCUT2D eigenvalue weighted by Crippen LogP contribution is -2.31. The number of ether oxygens (including phenoxy) is 1. The van der Waals surface area contributed by atoms with E-state index >= 15 is 0 Å². The van der Waals surface area contributed by atoms with Gasteiger partial charge in [0.2, 0.25) is 0 Å². The van der Waals surface area contributed by atoms with Crippen LogP contribution in [0.5, 0.6) is 0 Å². The highest BCUT2D eigenvalue weighted by molar-refractivity contribution is 5.91. The van der Waals surface area contributed by atoms with Gasteiger partial charge in [-0.2, -0.15) is 0 Å². The van der Waals surface area contributed by atoms with E-state index in [1.807, 2.05) is 42.5 Å². The van der Waals surface area contributed by atoms with E-state index < -0.39 is 5.97 Å². The van der Waals surface area contributed by atoms with E-state index in [9.17, 15) is 9.59 Å². The van der Waals surface area contributed by atoms with Crippen LogP contribution in [-0.2, 0) is 22.4 Å². The molecule has 4 heteroatoms. The summed E-state index contributed by atoms with van der Waals surface area (Å²) in [4.78, 5) is 24.2. The third kappa shape index (κ3) is 4.72. The predicted molar refractivity (Wildman–Crippen MR) is 101 cm³/mol. The summed E-state index contributed by atoms with van der Waals surface area (Å²) < 4.78 is 5.17. The smallest absolute Gasteiger partial charge is 0.338 e. The SMILES string of the molecule is C[C@@H](CNC(=O)COC(=O)c1ccc2c(c1)CCCC2)c1ccccc1. The van der Waals surface area contributed by atoms with Crippen molar-refractivity contribution in [2.45, 2.75) is 38.5 Å². The second-order valence-corrected chi connectivity index (χ2v) is 6.88. The molecule has 0 bridgehead atoms. The first-order valence-electron chi connectivity index (χ1n) is 9.24. The minimum absolute atomic E-state index is 0.205. The van der Waals surface area contributed by atoms with E-state index in [1.54, 1.807) is 6.07 Å². The minimum atomic E-state index is -0.440. The van der Waals surface area contributed by atoms with Crippen LogP contribution in [0.25, 0.3) is 0 Å². The zero-order valence-corrected chi connectivity index (χ0v) is 15.2. The maximum atomic E-state index is 12.2. The number of carbonyl (C=O) groups excluding carboxylic acids is 2. The zero-order chi connectivity index (χ0) is 18.4. The summed E-state index contributed by atoms with van der Waals surface area (Å²) in [6.07, 6.45) is 4.45. The Bertz CT molecular complexity index is 770. The van der Waals surface area contributed by atoms with Crippen LogP contribution in [0.4, 0.5) is 0 Å². The fourth-order valence-corrected chi connectivity index (χ4v) is 3.29. The number of aryl methyl sites for hydroxylation is 2. The molecule has 0 spiro atoms. The number of fused-ring (bicyclic) bond motifs is 1. The first-order valence-corrected chi connectivity index (χ1v) is 9.24. The molecule has 26 heavy (non-hydrogen) atoms. The Labute approximate surface area is 154 Å². The minimum Gasteiger partial charge on any atom is -0.452 e. The Morgan fingerprint density at radius 1 is 1.04 bits per heavy atom. The van der Waals surface area contributed by atoms with Gasteiger partial charge in [0.15, 0.2) is 6.61 Å². The third-order valence-corrected chi connectivity index (χ3v) is 4.89. The van der Waals surface area contributed by atoms with Crippen molar-refractivity contribution < 1.29 is 14.3 Å². The number of benzene rings is 2. The van der Waals surface area contributed by atoms with Gasteiger partial charge in [0, 0.05) is 6.54 Å². The molecule has 1 amide bonds. The van der Waals surface area contributed by atoms with Gasteiger partial charge in [-0.3, -0.25) is 4.79 Å². The maximum Gasteiger partial charge on any atom is 0.338 e. The molecule has 2 aromatic rings. The first-order chi connectivity index (χ1) is 12.6. The standard InChI is InChI=1S/C22H25NO3/c1-16(17-7-3-2-4-8-17)14-23-21(24)15-26-22(25)20-12-11-18-9-5-6-10-19(18)13-20/h2-4,7-8,11-13,16H,5-6,9-10,14-15H2,1H3,(H,23,24)/t16-/m0/s1. The van der Waals surface area contributed by atoms with Gasteiger partial charge in [-0.15, -0.1) is 0 Å². The number of rotatable bonds is 6. The molecule has 0 fully saturated rings. The van der Waals surface area contributed by atoms with Crippen LogP contribution >= 0.6 is 0 Å². The lowest BCUT2D eigenvalue weighted by molar-refractivity contribution is -0.124. The topological polar surface area (TPSA) is 55.4 Å². The van der Waals surface area contributed by atoms with Crippen LogP contribution in [0.1, 0.15) is 52.7 Å². The molecule has 1 aliphatic carbocycles. The van der Waals surface area contributed by atoms with Crippen LogP contribution in [0.15, 0.2) is 48.5 Å². The largest absolute Gasteiger partial charge is 0.452 e. The molecule has 1 aliphatic rings. The highest BCUT2D eigenvalue weighted by Crippen LogP contribution is 2.22. The van der Waals surface area contributed by atoms with Gasteiger partial charge >= 0.3 is 5.97 Å². The molecule has 0 unspecified atom stereocenters. The van der Waals surface area contributed by atoms with E-state index in [1.165, 1.54) is 23.1 Å². The lowest BCUT2D eigenvalue weighted by Gasteiger charge is -2.16. The molecule has 136 valence electrons. The number of amides is 1. The van der Waals surface area contributed by atoms with Crippen LogP contribution < -0.4 is 5.32 Å². The summed E-state index contributed by atoms with van der Waals surface area (Å²) in [7, 11) is 0. The second kappa shape index (κ2) is 8.65. The highest BCUT2D eigenvalue weighted by atomic mass is 16.5. The summed E-state index contributed by atoms with van der Waals surface area (Å²) >= 11 is 0. The average Bonchev–Trinajstić information content (AvgIpc) is 2.70. The summed E-state index contributed by atoms with van der Waals surface area (Å²) in [5.41, 5.74) is 4.24. The third-order valence-electron chi connectivity index (χ3n) is 4.89. The fraction of sp³-hybridized carbons (Fsp3) is 0.364. The van der Waals surface area contributed by atoms with Crippen molar-refractivity contribution in [1.82, 2.24) is 5.32 Å². The van der Waals surface area contributed by atoms with E-state index in [0.29, 0.717) is 12.1 Å². The van der Waals surface area contributed by atoms with Gasteiger partial charge in [-0.1, -0.05) is 43.3 Å². The monoisotopic (exact) mass is 351 g/mol. The number of carbonyl (C=O) groups is 2. The molecular weight excluding hydrogens is 326 g/mol. The first kappa shape index (κ1) is 18.2. The molecule has 0 aromatic heterocycles. The summed E-state index contributed by atoms with van der Waals surface area (Å²) in [5.74, 6) is -0.514. The number of nitrogens with one attached hydrogen (secondary N) is 1.